The van der Waals surface area contributed by atoms with Crippen molar-refractivity contribution in [3.63, 3.8) is 0 Å². The van der Waals surface area contributed by atoms with E-state index in [9.17, 15) is 0 Å². The first-order valence-electron chi connectivity index (χ1n) is 4.27. The summed E-state index contributed by atoms with van der Waals surface area (Å²) >= 11 is 0.317. The molecule has 0 unspecified atom stereocenters. The number of para-hydroxylation sites is 1. The number of rotatable bonds is 1. The predicted molar refractivity (Wildman–Crippen MR) is 55.8 cm³/mol. The number of imidazole rings is 1. The van der Waals surface area contributed by atoms with E-state index in [0.29, 0.717) is 14.5 Å². The van der Waals surface area contributed by atoms with Gasteiger partial charge in [0.05, 0.1) is 0 Å². The Morgan fingerprint density at radius 1 is 1.21 bits per heavy atom. The fourth-order valence-corrected chi connectivity index (χ4v) is 3.27. The summed E-state index contributed by atoms with van der Waals surface area (Å²) in [5.74, 6) is 0. The van der Waals surface area contributed by atoms with E-state index in [4.69, 9.17) is 0 Å². The van der Waals surface area contributed by atoms with Crippen molar-refractivity contribution in [3.8, 4) is 4.69 Å². The standard InChI is InChI=1S/C10H7N3Se/c1-2-4-9-8(3-1)12-10(14-9)13-6-5-11-7-13/h1-7H. The Hall–Kier alpha value is -1.38. The molecule has 0 aliphatic rings. The maximum absolute atomic E-state index is 4.56. The average molecular weight is 248 g/mol. The molecular formula is C10H7N3Se. The zero-order valence-corrected chi connectivity index (χ0v) is 9.00. The molecule has 4 heteroatoms. The normalized spacial score (nSPS) is 10.9. The summed E-state index contributed by atoms with van der Waals surface area (Å²) in [5, 5.41) is 0. The second kappa shape index (κ2) is 3.08. The van der Waals surface area contributed by atoms with Crippen LogP contribution in [-0.4, -0.2) is 29.0 Å². The van der Waals surface area contributed by atoms with Gasteiger partial charge in [-0.1, -0.05) is 0 Å². The van der Waals surface area contributed by atoms with Crippen LogP contribution in [0.4, 0.5) is 0 Å². The van der Waals surface area contributed by atoms with Crippen LogP contribution in [0.1, 0.15) is 0 Å². The van der Waals surface area contributed by atoms with E-state index in [0.717, 1.165) is 10.2 Å². The Morgan fingerprint density at radius 3 is 2.93 bits per heavy atom. The van der Waals surface area contributed by atoms with Gasteiger partial charge in [0.2, 0.25) is 0 Å². The number of aromatic nitrogens is 3. The second-order valence-corrected chi connectivity index (χ2v) is 5.05. The van der Waals surface area contributed by atoms with Gasteiger partial charge in [0.1, 0.15) is 0 Å². The van der Waals surface area contributed by atoms with Crippen molar-refractivity contribution in [3.05, 3.63) is 43.0 Å². The van der Waals surface area contributed by atoms with Gasteiger partial charge in [-0.05, 0) is 0 Å². The van der Waals surface area contributed by atoms with Gasteiger partial charge in [-0.15, -0.1) is 0 Å². The van der Waals surface area contributed by atoms with Crippen molar-refractivity contribution >= 4 is 24.3 Å². The Morgan fingerprint density at radius 2 is 2.14 bits per heavy atom. The molecule has 3 nitrogen and oxygen atoms in total. The maximum atomic E-state index is 4.56. The van der Waals surface area contributed by atoms with Crippen LogP contribution < -0.4 is 0 Å². The molecule has 0 N–H and O–H groups in total. The third-order valence-electron chi connectivity index (χ3n) is 2.01. The first-order chi connectivity index (χ1) is 6.93. The van der Waals surface area contributed by atoms with Crippen LogP contribution in [0.2, 0.25) is 0 Å². The molecule has 0 amide bonds. The summed E-state index contributed by atoms with van der Waals surface area (Å²) < 4.78 is 4.44. The number of hydrogen-bond acceptors (Lipinski definition) is 2. The number of nitrogens with zero attached hydrogens (tertiary/aromatic N) is 3. The van der Waals surface area contributed by atoms with Crippen molar-refractivity contribution < 1.29 is 0 Å². The SMILES string of the molecule is c1ccc2[se]c(-n3ccnc3)nc2c1. The Kier molecular flexibility index (Phi) is 1.75. The van der Waals surface area contributed by atoms with Crippen LogP contribution in [0.5, 0.6) is 0 Å². The average Bonchev–Trinajstić information content (AvgIpc) is 2.86. The summed E-state index contributed by atoms with van der Waals surface area (Å²) in [4.78, 5) is 8.58. The van der Waals surface area contributed by atoms with Crippen molar-refractivity contribution in [1.29, 1.82) is 0 Å². The number of benzene rings is 1. The molecule has 0 saturated carbocycles. The molecule has 0 aliphatic heterocycles. The van der Waals surface area contributed by atoms with E-state index in [-0.39, 0.29) is 0 Å². The summed E-state index contributed by atoms with van der Waals surface area (Å²) in [6.45, 7) is 0. The van der Waals surface area contributed by atoms with Crippen LogP contribution in [0, 0.1) is 0 Å². The summed E-state index contributed by atoms with van der Waals surface area (Å²) in [6, 6.07) is 8.28. The van der Waals surface area contributed by atoms with Gasteiger partial charge in [-0.3, -0.25) is 0 Å². The third kappa shape index (κ3) is 1.20. The first-order valence-corrected chi connectivity index (χ1v) is 5.99. The van der Waals surface area contributed by atoms with Crippen LogP contribution >= 0.6 is 0 Å². The van der Waals surface area contributed by atoms with Crippen molar-refractivity contribution in [1.82, 2.24) is 14.5 Å². The monoisotopic (exact) mass is 249 g/mol. The molecule has 0 atom stereocenters. The summed E-state index contributed by atoms with van der Waals surface area (Å²) in [6.07, 6.45) is 5.51. The molecule has 0 bridgehead atoms. The summed E-state index contributed by atoms with van der Waals surface area (Å²) in [7, 11) is 0. The molecule has 0 aliphatic carbocycles. The Labute approximate surface area is 86.8 Å². The van der Waals surface area contributed by atoms with Gasteiger partial charge in [-0.2, -0.15) is 0 Å². The molecule has 0 fully saturated rings. The van der Waals surface area contributed by atoms with E-state index in [1.807, 2.05) is 16.8 Å². The van der Waals surface area contributed by atoms with E-state index in [2.05, 4.69) is 28.2 Å². The van der Waals surface area contributed by atoms with Gasteiger partial charge in [0, 0.05) is 0 Å². The van der Waals surface area contributed by atoms with Crippen molar-refractivity contribution in [2.45, 2.75) is 0 Å². The molecule has 1 aromatic carbocycles. The zero-order valence-electron chi connectivity index (χ0n) is 7.29. The van der Waals surface area contributed by atoms with Crippen LogP contribution in [-0.2, 0) is 0 Å². The van der Waals surface area contributed by atoms with Gasteiger partial charge in [0.25, 0.3) is 0 Å². The molecule has 3 aromatic rings. The first kappa shape index (κ1) is 7.97. The Balaban J connectivity index is 2.24. The third-order valence-corrected chi connectivity index (χ3v) is 4.21. The van der Waals surface area contributed by atoms with Gasteiger partial charge in [0.15, 0.2) is 0 Å². The second-order valence-electron chi connectivity index (χ2n) is 2.93. The molecular weight excluding hydrogens is 241 g/mol. The fraction of sp³-hybridized carbons (Fsp3) is 0. The minimum absolute atomic E-state index is 0.317. The quantitative estimate of drug-likeness (QED) is 0.611. The van der Waals surface area contributed by atoms with Crippen LogP contribution in [0.25, 0.3) is 14.5 Å². The van der Waals surface area contributed by atoms with Crippen molar-refractivity contribution in [2.75, 3.05) is 0 Å². The molecule has 0 radical (unpaired) electrons. The predicted octanol–water partition coefficient (Wildman–Crippen LogP) is 1.48. The van der Waals surface area contributed by atoms with Gasteiger partial charge < -0.3 is 0 Å². The molecule has 3 rings (SSSR count). The number of fused-ring (bicyclic) bond motifs is 1. The van der Waals surface area contributed by atoms with Crippen molar-refractivity contribution in [2.24, 2.45) is 0 Å². The van der Waals surface area contributed by atoms with E-state index in [1.165, 1.54) is 4.26 Å². The zero-order chi connectivity index (χ0) is 9.38. The topological polar surface area (TPSA) is 30.7 Å². The number of hydrogen-bond donors (Lipinski definition) is 0. The van der Waals surface area contributed by atoms with Crippen LogP contribution in [0.3, 0.4) is 0 Å². The van der Waals surface area contributed by atoms with E-state index in [1.54, 1.807) is 12.5 Å². The molecule has 2 heterocycles. The molecule has 2 aromatic heterocycles. The van der Waals surface area contributed by atoms with Gasteiger partial charge >= 0.3 is 86.5 Å². The molecule has 68 valence electrons. The minimum atomic E-state index is 0.317. The van der Waals surface area contributed by atoms with E-state index < -0.39 is 0 Å². The molecule has 0 spiro atoms. The summed E-state index contributed by atoms with van der Waals surface area (Å²) in [5.41, 5.74) is 1.11. The fourth-order valence-electron chi connectivity index (χ4n) is 1.34. The van der Waals surface area contributed by atoms with Crippen LogP contribution in [0.15, 0.2) is 43.0 Å². The van der Waals surface area contributed by atoms with E-state index >= 15 is 0 Å². The Bertz CT molecular complexity index is 521. The molecule has 0 saturated heterocycles. The molecule has 14 heavy (non-hydrogen) atoms. The van der Waals surface area contributed by atoms with Gasteiger partial charge in [-0.25, -0.2) is 0 Å².